The van der Waals surface area contributed by atoms with Crippen LogP contribution in [0.4, 0.5) is 0 Å². The van der Waals surface area contributed by atoms with Gasteiger partial charge in [-0.1, -0.05) is 231 Å². The number of unbranched alkanes of at least 4 members (excludes halogenated alkanes) is 33. The minimum Gasteiger partial charge on any atom is -0.394 e. The van der Waals surface area contributed by atoms with Crippen LogP contribution in [0.5, 0.6) is 0 Å². The lowest BCUT2D eigenvalue weighted by molar-refractivity contribution is -0.123. The van der Waals surface area contributed by atoms with Gasteiger partial charge in [0, 0.05) is 6.42 Å². The van der Waals surface area contributed by atoms with Crippen molar-refractivity contribution in [2.75, 3.05) is 6.61 Å². The molecule has 1 amide bonds. The van der Waals surface area contributed by atoms with Crippen molar-refractivity contribution in [2.45, 2.75) is 257 Å². The minimum absolute atomic E-state index is 0.0594. The maximum Gasteiger partial charge on any atom is 0.220 e. The summed E-state index contributed by atoms with van der Waals surface area (Å²) < 4.78 is 0. The molecule has 0 bridgehead atoms. The molecular weight excluding hydrogens is 590 g/mol. The molecule has 0 saturated carbocycles. The standard InChI is InChI=1S/C44H87NO3/c1-3-5-7-9-11-13-15-17-19-20-21-22-23-24-26-28-30-32-34-36-38-40-44(48)45-42(41-46)43(47)39-37-35-33-31-29-27-25-18-16-14-12-10-8-6-4-2/h37,39,42-43,46-47H,3-36,38,40-41H2,1-2H3,(H,45,48)/b39-37+. The molecule has 0 rings (SSSR count). The predicted octanol–water partition coefficient (Wildman–Crippen LogP) is 13.5. The first-order chi connectivity index (χ1) is 23.7. The molecule has 0 aliphatic rings. The smallest absolute Gasteiger partial charge is 0.220 e. The quantitative estimate of drug-likeness (QED) is 0.0446. The van der Waals surface area contributed by atoms with E-state index in [1.807, 2.05) is 6.08 Å². The third-order valence-electron chi connectivity index (χ3n) is 10.3. The Balaban J connectivity index is 3.51. The van der Waals surface area contributed by atoms with E-state index in [2.05, 4.69) is 19.2 Å². The van der Waals surface area contributed by atoms with Gasteiger partial charge in [-0.15, -0.1) is 0 Å². The van der Waals surface area contributed by atoms with Crippen molar-refractivity contribution in [1.29, 1.82) is 0 Å². The van der Waals surface area contributed by atoms with Gasteiger partial charge in [-0.25, -0.2) is 0 Å². The van der Waals surface area contributed by atoms with E-state index >= 15 is 0 Å². The summed E-state index contributed by atoms with van der Waals surface area (Å²) in [6, 6.07) is -0.615. The number of nitrogens with one attached hydrogen (secondary N) is 1. The molecule has 0 radical (unpaired) electrons. The predicted molar refractivity (Wildman–Crippen MR) is 212 cm³/mol. The van der Waals surface area contributed by atoms with Crippen molar-refractivity contribution in [1.82, 2.24) is 5.32 Å². The van der Waals surface area contributed by atoms with Crippen molar-refractivity contribution < 1.29 is 15.0 Å². The number of carbonyl (C=O) groups is 1. The maximum absolute atomic E-state index is 12.4. The maximum atomic E-state index is 12.4. The number of allylic oxidation sites excluding steroid dienone is 1. The van der Waals surface area contributed by atoms with E-state index in [-0.39, 0.29) is 12.5 Å². The van der Waals surface area contributed by atoms with Gasteiger partial charge < -0.3 is 15.5 Å². The lowest BCUT2D eigenvalue weighted by atomic mass is 10.0. The highest BCUT2D eigenvalue weighted by atomic mass is 16.3. The number of rotatable bonds is 40. The molecular formula is C44H87NO3. The van der Waals surface area contributed by atoms with Crippen LogP contribution in [0.2, 0.25) is 0 Å². The van der Waals surface area contributed by atoms with Crippen LogP contribution in [0.25, 0.3) is 0 Å². The summed E-state index contributed by atoms with van der Waals surface area (Å²) in [7, 11) is 0. The molecule has 4 nitrogen and oxygen atoms in total. The van der Waals surface area contributed by atoms with Crippen molar-refractivity contribution in [3.05, 3.63) is 12.2 Å². The Bertz CT molecular complexity index is 651. The fraction of sp³-hybridized carbons (Fsp3) is 0.932. The summed E-state index contributed by atoms with van der Waals surface area (Å²) >= 11 is 0. The lowest BCUT2D eigenvalue weighted by Gasteiger charge is -2.20. The van der Waals surface area contributed by atoms with Gasteiger partial charge in [0.05, 0.1) is 18.8 Å². The van der Waals surface area contributed by atoms with Gasteiger partial charge in [-0.2, -0.15) is 0 Å². The summed E-state index contributed by atoms with van der Waals surface area (Å²) in [4.78, 5) is 12.4. The first-order valence-electron chi connectivity index (χ1n) is 21.9. The Morgan fingerprint density at radius 1 is 0.479 bits per heavy atom. The highest BCUT2D eigenvalue weighted by molar-refractivity contribution is 5.76. The van der Waals surface area contributed by atoms with Gasteiger partial charge in [0.25, 0.3) is 0 Å². The topological polar surface area (TPSA) is 69.6 Å². The zero-order valence-electron chi connectivity index (χ0n) is 32.8. The lowest BCUT2D eigenvalue weighted by Crippen LogP contribution is -2.45. The average molecular weight is 678 g/mol. The number of amides is 1. The number of hydrogen-bond donors (Lipinski definition) is 3. The molecule has 286 valence electrons. The zero-order chi connectivity index (χ0) is 35.0. The van der Waals surface area contributed by atoms with Gasteiger partial charge in [0.15, 0.2) is 0 Å². The van der Waals surface area contributed by atoms with Crippen molar-refractivity contribution in [3.8, 4) is 0 Å². The third-order valence-corrected chi connectivity index (χ3v) is 10.3. The third kappa shape index (κ3) is 36.4. The summed E-state index contributed by atoms with van der Waals surface area (Å²) in [6.07, 6.45) is 50.3. The minimum atomic E-state index is -0.833. The molecule has 0 heterocycles. The first-order valence-corrected chi connectivity index (χ1v) is 21.9. The summed E-state index contributed by atoms with van der Waals surface area (Å²) in [5.74, 6) is -0.0594. The summed E-state index contributed by atoms with van der Waals surface area (Å²) in [6.45, 7) is 4.33. The van der Waals surface area contributed by atoms with Crippen LogP contribution in [-0.4, -0.2) is 34.9 Å². The fourth-order valence-corrected chi connectivity index (χ4v) is 6.89. The molecule has 48 heavy (non-hydrogen) atoms. The molecule has 4 heteroatoms. The Morgan fingerprint density at radius 2 is 0.771 bits per heavy atom. The largest absolute Gasteiger partial charge is 0.394 e. The van der Waals surface area contributed by atoms with Crippen LogP contribution in [0.15, 0.2) is 12.2 Å². The number of hydrogen-bond acceptors (Lipinski definition) is 3. The zero-order valence-corrected chi connectivity index (χ0v) is 32.8. The molecule has 0 spiro atoms. The fourth-order valence-electron chi connectivity index (χ4n) is 6.89. The average Bonchev–Trinajstić information content (AvgIpc) is 3.09. The van der Waals surface area contributed by atoms with Gasteiger partial charge in [-0.05, 0) is 19.3 Å². The Labute approximate surface area is 301 Å². The normalized spacial score (nSPS) is 13.0. The number of aliphatic hydroxyl groups is 2. The van der Waals surface area contributed by atoms with Crippen LogP contribution in [0.3, 0.4) is 0 Å². The Kier molecular flexibility index (Phi) is 39.8. The highest BCUT2D eigenvalue weighted by Gasteiger charge is 2.17. The molecule has 0 aliphatic carbocycles. The van der Waals surface area contributed by atoms with Gasteiger partial charge in [-0.3, -0.25) is 4.79 Å². The van der Waals surface area contributed by atoms with Crippen LogP contribution in [0.1, 0.15) is 245 Å². The van der Waals surface area contributed by atoms with E-state index in [4.69, 9.17) is 0 Å². The van der Waals surface area contributed by atoms with Gasteiger partial charge in [0.2, 0.25) is 5.91 Å². The second-order valence-electron chi connectivity index (χ2n) is 15.1. The number of aliphatic hydroxyl groups excluding tert-OH is 2. The Hall–Kier alpha value is -0.870. The van der Waals surface area contributed by atoms with Gasteiger partial charge >= 0.3 is 0 Å². The van der Waals surface area contributed by atoms with E-state index in [1.54, 1.807) is 6.08 Å². The van der Waals surface area contributed by atoms with Crippen LogP contribution < -0.4 is 5.32 Å². The molecule has 2 unspecified atom stereocenters. The summed E-state index contributed by atoms with van der Waals surface area (Å²) in [5.41, 5.74) is 0. The highest BCUT2D eigenvalue weighted by Crippen LogP contribution is 2.16. The second kappa shape index (κ2) is 40.6. The van der Waals surface area contributed by atoms with Crippen LogP contribution >= 0.6 is 0 Å². The molecule has 0 aromatic heterocycles. The van der Waals surface area contributed by atoms with E-state index in [0.29, 0.717) is 6.42 Å². The molecule has 0 aromatic carbocycles. The van der Waals surface area contributed by atoms with Crippen molar-refractivity contribution in [3.63, 3.8) is 0 Å². The second-order valence-corrected chi connectivity index (χ2v) is 15.1. The molecule has 0 fully saturated rings. The molecule has 0 aliphatic heterocycles. The van der Waals surface area contributed by atoms with E-state index in [9.17, 15) is 15.0 Å². The van der Waals surface area contributed by atoms with Gasteiger partial charge in [0.1, 0.15) is 0 Å². The van der Waals surface area contributed by atoms with Crippen LogP contribution in [-0.2, 0) is 4.79 Å². The number of carbonyl (C=O) groups excluding carboxylic acids is 1. The van der Waals surface area contributed by atoms with E-state index in [0.717, 1.165) is 25.7 Å². The first kappa shape index (κ1) is 47.1. The molecule has 0 aromatic rings. The van der Waals surface area contributed by atoms with Crippen LogP contribution in [0, 0.1) is 0 Å². The monoisotopic (exact) mass is 678 g/mol. The molecule has 0 saturated heterocycles. The van der Waals surface area contributed by atoms with E-state index < -0.39 is 12.1 Å². The molecule has 2 atom stereocenters. The SMILES string of the molecule is CCCCCCCCCCCCCCC/C=C/C(O)C(CO)NC(=O)CCCCCCCCCCCCCCCCCCCCCCC. The molecule has 3 N–H and O–H groups in total. The van der Waals surface area contributed by atoms with Crippen molar-refractivity contribution in [2.24, 2.45) is 0 Å². The van der Waals surface area contributed by atoms with E-state index in [1.165, 1.54) is 199 Å². The van der Waals surface area contributed by atoms with Crippen molar-refractivity contribution >= 4 is 5.91 Å². The summed E-state index contributed by atoms with van der Waals surface area (Å²) in [5, 5.41) is 23.0. The Morgan fingerprint density at radius 3 is 1.08 bits per heavy atom.